The largest absolute Gasteiger partial charge is 0.309 e. The van der Waals surface area contributed by atoms with Crippen molar-refractivity contribution in [2.75, 3.05) is 5.32 Å². The third kappa shape index (κ3) is 3.45. The smallest absolute Gasteiger partial charge is 0.308 e. The van der Waals surface area contributed by atoms with Gasteiger partial charge in [-0.05, 0) is 32.1 Å². The Morgan fingerprint density at radius 1 is 1.50 bits per heavy atom. The number of anilines is 1. The summed E-state index contributed by atoms with van der Waals surface area (Å²) in [5.41, 5.74) is 1.91. The van der Waals surface area contributed by atoms with Crippen LogP contribution in [0.2, 0.25) is 0 Å². The first kappa shape index (κ1) is 17.0. The molecule has 1 atom stereocenters. The van der Waals surface area contributed by atoms with E-state index in [0.29, 0.717) is 11.7 Å². The molecule has 7 heteroatoms. The molecule has 0 aromatic carbocycles. The van der Waals surface area contributed by atoms with Gasteiger partial charge in [-0.25, -0.2) is 0 Å². The standard InChI is InChI=1S/C17H24N4O2S/c1-4-5-12-6-7-13-14(9-12)24-17(23)21(13)10-16(22)18-15-8-11(2)19-20(15)3/h8,12H,4-7,9-10H2,1-3H3,(H,18,22)/t12-/m0/s1. The van der Waals surface area contributed by atoms with Gasteiger partial charge in [-0.15, -0.1) is 0 Å². The highest BCUT2D eigenvalue weighted by Gasteiger charge is 2.24. The molecule has 0 saturated carbocycles. The summed E-state index contributed by atoms with van der Waals surface area (Å²) >= 11 is 1.31. The Labute approximate surface area is 145 Å². The lowest BCUT2D eigenvalue weighted by Gasteiger charge is -2.22. The number of aromatic nitrogens is 3. The van der Waals surface area contributed by atoms with E-state index in [1.54, 1.807) is 16.3 Å². The Morgan fingerprint density at radius 2 is 2.29 bits per heavy atom. The minimum absolute atomic E-state index is 0.0199. The molecule has 1 N–H and O–H groups in total. The molecule has 0 spiro atoms. The molecule has 0 radical (unpaired) electrons. The predicted octanol–water partition coefficient (Wildman–Crippen LogP) is 2.50. The number of carbonyl (C=O) groups excluding carboxylic acids is 1. The number of fused-ring (bicyclic) bond motifs is 1. The molecule has 3 rings (SSSR count). The summed E-state index contributed by atoms with van der Waals surface area (Å²) in [6.45, 7) is 4.16. The molecule has 0 saturated heterocycles. The second-order valence-electron chi connectivity index (χ2n) is 6.56. The molecular formula is C17H24N4O2S. The maximum atomic E-state index is 12.3. The molecule has 130 valence electrons. The highest BCUT2D eigenvalue weighted by Crippen LogP contribution is 2.30. The van der Waals surface area contributed by atoms with Crippen molar-refractivity contribution in [3.8, 4) is 0 Å². The molecule has 0 aliphatic heterocycles. The zero-order valence-corrected chi connectivity index (χ0v) is 15.3. The van der Waals surface area contributed by atoms with Gasteiger partial charge < -0.3 is 5.32 Å². The van der Waals surface area contributed by atoms with Crippen molar-refractivity contribution < 1.29 is 4.79 Å². The molecule has 6 nitrogen and oxygen atoms in total. The van der Waals surface area contributed by atoms with Gasteiger partial charge in [-0.2, -0.15) is 5.10 Å². The molecule has 1 amide bonds. The Kier molecular flexibility index (Phi) is 4.89. The van der Waals surface area contributed by atoms with E-state index in [0.717, 1.165) is 30.7 Å². The van der Waals surface area contributed by atoms with Crippen LogP contribution in [-0.4, -0.2) is 20.3 Å². The molecule has 0 unspecified atom stereocenters. The van der Waals surface area contributed by atoms with Crippen LogP contribution in [-0.2, 0) is 31.2 Å². The Balaban J connectivity index is 1.73. The average Bonchev–Trinajstić information content (AvgIpc) is 2.99. The summed E-state index contributed by atoms with van der Waals surface area (Å²) < 4.78 is 3.29. The maximum absolute atomic E-state index is 12.3. The zero-order chi connectivity index (χ0) is 17.3. The summed E-state index contributed by atoms with van der Waals surface area (Å²) in [6.07, 6.45) is 5.39. The fourth-order valence-corrected chi connectivity index (χ4v) is 4.63. The molecular weight excluding hydrogens is 324 g/mol. The van der Waals surface area contributed by atoms with Gasteiger partial charge in [0.05, 0.1) is 5.69 Å². The fourth-order valence-electron chi connectivity index (χ4n) is 3.49. The van der Waals surface area contributed by atoms with Crippen LogP contribution >= 0.6 is 11.3 Å². The van der Waals surface area contributed by atoms with Crippen LogP contribution in [0, 0.1) is 12.8 Å². The third-order valence-corrected chi connectivity index (χ3v) is 5.65. The van der Waals surface area contributed by atoms with Crippen molar-refractivity contribution in [2.24, 2.45) is 13.0 Å². The number of hydrogen-bond acceptors (Lipinski definition) is 4. The summed E-state index contributed by atoms with van der Waals surface area (Å²) in [5, 5.41) is 7.05. The number of nitrogens with zero attached hydrogens (tertiary/aromatic N) is 3. The van der Waals surface area contributed by atoms with Gasteiger partial charge in [0.15, 0.2) is 0 Å². The quantitative estimate of drug-likeness (QED) is 0.902. The van der Waals surface area contributed by atoms with Gasteiger partial charge in [0.2, 0.25) is 5.91 Å². The maximum Gasteiger partial charge on any atom is 0.308 e. The number of amides is 1. The van der Waals surface area contributed by atoms with Crippen LogP contribution < -0.4 is 10.2 Å². The summed E-state index contributed by atoms with van der Waals surface area (Å²) in [7, 11) is 1.79. The zero-order valence-electron chi connectivity index (χ0n) is 14.5. The van der Waals surface area contributed by atoms with E-state index in [-0.39, 0.29) is 17.3 Å². The molecule has 1 aliphatic carbocycles. The van der Waals surface area contributed by atoms with E-state index < -0.39 is 0 Å². The van der Waals surface area contributed by atoms with Gasteiger partial charge in [-0.1, -0.05) is 31.1 Å². The minimum Gasteiger partial charge on any atom is -0.309 e. The van der Waals surface area contributed by atoms with Crippen molar-refractivity contribution in [3.05, 3.63) is 32.0 Å². The lowest BCUT2D eigenvalue weighted by atomic mass is 9.88. The Bertz CT molecular complexity index is 802. The van der Waals surface area contributed by atoms with Gasteiger partial charge in [0, 0.05) is 23.7 Å². The normalized spacial score (nSPS) is 16.9. The summed E-state index contributed by atoms with van der Waals surface area (Å²) in [4.78, 5) is 25.8. The number of carbonyl (C=O) groups is 1. The van der Waals surface area contributed by atoms with Crippen molar-refractivity contribution in [2.45, 2.75) is 52.5 Å². The van der Waals surface area contributed by atoms with Gasteiger partial charge in [-0.3, -0.25) is 18.8 Å². The second-order valence-corrected chi connectivity index (χ2v) is 7.61. The number of thiazole rings is 1. The molecule has 0 fully saturated rings. The highest BCUT2D eigenvalue weighted by atomic mass is 32.1. The molecule has 2 aromatic rings. The van der Waals surface area contributed by atoms with E-state index in [9.17, 15) is 9.59 Å². The van der Waals surface area contributed by atoms with Gasteiger partial charge in [0.1, 0.15) is 12.4 Å². The Morgan fingerprint density at radius 3 is 2.96 bits per heavy atom. The van der Waals surface area contributed by atoms with E-state index in [4.69, 9.17) is 0 Å². The average molecular weight is 348 g/mol. The Hall–Kier alpha value is -1.89. The van der Waals surface area contributed by atoms with E-state index in [2.05, 4.69) is 17.3 Å². The third-order valence-electron chi connectivity index (χ3n) is 4.61. The first-order valence-corrected chi connectivity index (χ1v) is 9.31. The number of hydrogen-bond donors (Lipinski definition) is 1. The lowest BCUT2D eigenvalue weighted by Crippen LogP contribution is -2.27. The van der Waals surface area contributed by atoms with Gasteiger partial charge >= 0.3 is 4.87 Å². The SMILES string of the molecule is CCC[C@H]1CCc2c(sc(=O)n2CC(=O)Nc2cc(C)nn2C)C1. The van der Waals surface area contributed by atoms with Crippen molar-refractivity contribution in [3.63, 3.8) is 0 Å². The molecule has 2 aromatic heterocycles. The molecule has 0 bridgehead atoms. The van der Waals surface area contributed by atoms with Crippen LogP contribution in [0.1, 0.15) is 42.5 Å². The van der Waals surface area contributed by atoms with Crippen LogP contribution in [0.5, 0.6) is 0 Å². The highest BCUT2D eigenvalue weighted by molar-refractivity contribution is 7.09. The number of aryl methyl sites for hydroxylation is 2. The monoisotopic (exact) mass is 348 g/mol. The lowest BCUT2D eigenvalue weighted by molar-refractivity contribution is -0.116. The van der Waals surface area contributed by atoms with Crippen molar-refractivity contribution >= 4 is 23.1 Å². The molecule has 2 heterocycles. The first-order valence-electron chi connectivity index (χ1n) is 8.49. The van der Waals surface area contributed by atoms with E-state index in [1.165, 1.54) is 29.1 Å². The van der Waals surface area contributed by atoms with Crippen molar-refractivity contribution in [1.29, 1.82) is 0 Å². The fraction of sp³-hybridized carbons (Fsp3) is 0.588. The number of nitrogens with one attached hydrogen (secondary N) is 1. The topological polar surface area (TPSA) is 68.9 Å². The van der Waals surface area contributed by atoms with Crippen LogP contribution in [0.3, 0.4) is 0 Å². The van der Waals surface area contributed by atoms with Crippen LogP contribution in [0.4, 0.5) is 5.82 Å². The van der Waals surface area contributed by atoms with Gasteiger partial charge in [0.25, 0.3) is 0 Å². The van der Waals surface area contributed by atoms with E-state index in [1.807, 2.05) is 13.0 Å². The minimum atomic E-state index is -0.184. The molecule has 24 heavy (non-hydrogen) atoms. The summed E-state index contributed by atoms with van der Waals surface area (Å²) in [6, 6.07) is 1.82. The van der Waals surface area contributed by atoms with Crippen LogP contribution in [0.25, 0.3) is 0 Å². The summed E-state index contributed by atoms with van der Waals surface area (Å²) in [5.74, 6) is 1.15. The second kappa shape index (κ2) is 6.93. The molecule has 1 aliphatic rings. The predicted molar refractivity (Wildman–Crippen MR) is 95.6 cm³/mol. The number of rotatable bonds is 5. The first-order chi connectivity index (χ1) is 11.5. The van der Waals surface area contributed by atoms with E-state index >= 15 is 0 Å². The van der Waals surface area contributed by atoms with Crippen molar-refractivity contribution in [1.82, 2.24) is 14.3 Å². The van der Waals surface area contributed by atoms with Crippen LogP contribution in [0.15, 0.2) is 10.9 Å².